The number of methoxy groups -OCH3 is 1. The van der Waals surface area contributed by atoms with E-state index >= 15 is 0 Å². The highest BCUT2D eigenvalue weighted by molar-refractivity contribution is 7.89. The summed E-state index contributed by atoms with van der Waals surface area (Å²) in [5.74, 6) is -0.696. The summed E-state index contributed by atoms with van der Waals surface area (Å²) >= 11 is 0. The fourth-order valence-corrected chi connectivity index (χ4v) is 2.25. The lowest BCUT2D eigenvalue weighted by Crippen LogP contribution is -2.39. The molecule has 17 heavy (non-hydrogen) atoms. The van der Waals surface area contributed by atoms with Gasteiger partial charge >= 0.3 is 5.97 Å². The first-order valence-electron chi connectivity index (χ1n) is 4.65. The van der Waals surface area contributed by atoms with E-state index in [9.17, 15) is 18.0 Å². The predicted molar refractivity (Wildman–Crippen MR) is 58.9 cm³/mol. The summed E-state index contributed by atoms with van der Waals surface area (Å²) in [6.07, 6.45) is 1.05. The molecule has 0 aromatic carbocycles. The van der Waals surface area contributed by atoms with Gasteiger partial charge in [0.1, 0.15) is 6.04 Å². The van der Waals surface area contributed by atoms with Crippen LogP contribution in [0, 0.1) is 0 Å². The van der Waals surface area contributed by atoms with Crippen LogP contribution in [0.1, 0.15) is 6.92 Å². The molecule has 1 unspecified atom stereocenters. The molecule has 8 heteroatoms. The lowest BCUT2D eigenvalue weighted by Gasteiger charge is -2.11. The number of esters is 1. The molecule has 0 aliphatic carbocycles. The van der Waals surface area contributed by atoms with Crippen molar-refractivity contribution in [2.75, 3.05) is 7.11 Å². The molecule has 0 saturated carbocycles. The first kappa shape index (κ1) is 13.4. The van der Waals surface area contributed by atoms with E-state index in [1.807, 2.05) is 0 Å². The molecule has 0 fully saturated rings. The summed E-state index contributed by atoms with van der Waals surface area (Å²) in [6.45, 7) is 1.36. The number of sulfonamides is 1. The van der Waals surface area contributed by atoms with E-state index in [0.29, 0.717) is 0 Å². The van der Waals surface area contributed by atoms with E-state index in [1.54, 1.807) is 0 Å². The van der Waals surface area contributed by atoms with Crippen LogP contribution in [0.4, 0.5) is 0 Å². The minimum atomic E-state index is -3.85. The van der Waals surface area contributed by atoms with Crippen molar-refractivity contribution < 1.29 is 17.9 Å². The average Bonchev–Trinajstić information content (AvgIpc) is 2.27. The van der Waals surface area contributed by atoms with E-state index in [0.717, 1.165) is 25.4 Å². The Morgan fingerprint density at radius 1 is 1.47 bits per heavy atom. The van der Waals surface area contributed by atoms with Gasteiger partial charge in [-0.3, -0.25) is 9.59 Å². The lowest BCUT2D eigenvalue weighted by molar-refractivity contribution is -0.142. The molecular formula is C9H12N2O5S. The molecule has 7 nitrogen and oxygen atoms in total. The number of aromatic amines is 1. The van der Waals surface area contributed by atoms with Crippen molar-refractivity contribution in [3.05, 3.63) is 28.7 Å². The lowest BCUT2D eigenvalue weighted by atomic mass is 10.4. The average molecular weight is 260 g/mol. The van der Waals surface area contributed by atoms with Crippen LogP contribution in [0.2, 0.25) is 0 Å². The first-order chi connectivity index (χ1) is 7.86. The minimum Gasteiger partial charge on any atom is -0.468 e. The fraction of sp³-hybridized carbons (Fsp3) is 0.333. The molecule has 0 amide bonds. The summed E-state index contributed by atoms with van der Waals surface area (Å²) in [4.78, 5) is 23.9. The number of nitrogens with one attached hydrogen (secondary N) is 2. The topological polar surface area (TPSA) is 105 Å². The van der Waals surface area contributed by atoms with Crippen LogP contribution in [0.5, 0.6) is 0 Å². The van der Waals surface area contributed by atoms with Gasteiger partial charge in [-0.15, -0.1) is 0 Å². The van der Waals surface area contributed by atoms with Gasteiger partial charge in [0.05, 0.1) is 12.0 Å². The molecule has 1 rings (SSSR count). The van der Waals surface area contributed by atoms with Gasteiger partial charge in [0.2, 0.25) is 15.6 Å². The van der Waals surface area contributed by atoms with Crippen molar-refractivity contribution in [2.24, 2.45) is 0 Å². The molecule has 2 N–H and O–H groups in total. The molecule has 1 aromatic rings. The van der Waals surface area contributed by atoms with E-state index in [4.69, 9.17) is 0 Å². The van der Waals surface area contributed by atoms with Crippen LogP contribution in [-0.4, -0.2) is 32.5 Å². The van der Waals surface area contributed by atoms with Crippen LogP contribution in [0.25, 0.3) is 0 Å². The van der Waals surface area contributed by atoms with Crippen LogP contribution in [0.3, 0.4) is 0 Å². The van der Waals surface area contributed by atoms with Gasteiger partial charge in [0, 0.05) is 12.3 Å². The van der Waals surface area contributed by atoms with Gasteiger partial charge < -0.3 is 9.72 Å². The number of carbonyl (C=O) groups excluding carboxylic acids is 1. The molecule has 94 valence electrons. The zero-order chi connectivity index (χ0) is 13.1. The van der Waals surface area contributed by atoms with Gasteiger partial charge in [0.15, 0.2) is 0 Å². The Morgan fingerprint density at radius 2 is 2.12 bits per heavy atom. The Kier molecular flexibility index (Phi) is 4.02. The van der Waals surface area contributed by atoms with Crippen molar-refractivity contribution in [3.63, 3.8) is 0 Å². The smallest absolute Gasteiger partial charge is 0.323 e. The summed E-state index contributed by atoms with van der Waals surface area (Å²) < 4.78 is 30.0. The standard InChI is InChI=1S/C9H12N2O5S/c1-6(9(13)16-2)11-17(14,15)7-3-4-8(12)10-5-7/h3-6,11H,1-2H3,(H,10,12). The fourth-order valence-electron chi connectivity index (χ4n) is 1.09. The highest BCUT2D eigenvalue weighted by Crippen LogP contribution is 2.05. The number of rotatable bonds is 4. The highest BCUT2D eigenvalue weighted by Gasteiger charge is 2.22. The summed E-state index contributed by atoms with van der Waals surface area (Å²) in [6, 6.07) is 1.22. The largest absolute Gasteiger partial charge is 0.468 e. The second kappa shape index (κ2) is 5.11. The van der Waals surface area contributed by atoms with Gasteiger partial charge in [-0.25, -0.2) is 8.42 Å². The maximum absolute atomic E-state index is 11.7. The second-order valence-corrected chi connectivity index (χ2v) is 4.97. The number of hydrogen-bond donors (Lipinski definition) is 2. The number of hydrogen-bond acceptors (Lipinski definition) is 5. The molecule has 0 radical (unpaired) electrons. The molecular weight excluding hydrogens is 248 g/mol. The Morgan fingerprint density at radius 3 is 2.59 bits per heavy atom. The van der Waals surface area contributed by atoms with Crippen molar-refractivity contribution in [2.45, 2.75) is 17.9 Å². The van der Waals surface area contributed by atoms with Gasteiger partial charge in [-0.2, -0.15) is 4.72 Å². The first-order valence-corrected chi connectivity index (χ1v) is 6.14. The predicted octanol–water partition coefficient (Wildman–Crippen LogP) is -0.785. The zero-order valence-corrected chi connectivity index (χ0v) is 10.1. The van der Waals surface area contributed by atoms with Crippen LogP contribution >= 0.6 is 0 Å². The van der Waals surface area contributed by atoms with Gasteiger partial charge in [-0.1, -0.05) is 0 Å². The molecule has 1 heterocycles. The number of ether oxygens (including phenoxy) is 1. The van der Waals surface area contributed by atoms with E-state index < -0.39 is 27.6 Å². The minimum absolute atomic E-state index is 0.132. The monoisotopic (exact) mass is 260 g/mol. The number of carbonyl (C=O) groups is 1. The SMILES string of the molecule is COC(=O)C(C)NS(=O)(=O)c1ccc(=O)[nH]c1. The summed E-state index contributed by atoms with van der Waals surface area (Å²) in [7, 11) is -2.69. The molecule has 0 bridgehead atoms. The van der Waals surface area contributed by atoms with Crippen molar-refractivity contribution in [3.8, 4) is 0 Å². The maximum atomic E-state index is 11.7. The second-order valence-electron chi connectivity index (χ2n) is 3.25. The van der Waals surface area contributed by atoms with Crippen molar-refractivity contribution in [1.29, 1.82) is 0 Å². The summed E-state index contributed by atoms with van der Waals surface area (Å²) in [5.41, 5.74) is -0.412. The van der Waals surface area contributed by atoms with Crippen LogP contribution in [-0.2, 0) is 19.6 Å². The normalized spacial score (nSPS) is 13.1. The van der Waals surface area contributed by atoms with Gasteiger partial charge in [0.25, 0.3) is 0 Å². The molecule has 0 aliphatic rings. The Hall–Kier alpha value is -1.67. The van der Waals surface area contributed by atoms with Crippen molar-refractivity contribution in [1.82, 2.24) is 9.71 Å². The third-order valence-electron chi connectivity index (χ3n) is 1.95. The Labute approximate surface area is 97.9 Å². The molecule has 0 spiro atoms. The van der Waals surface area contributed by atoms with E-state index in [-0.39, 0.29) is 4.90 Å². The van der Waals surface area contributed by atoms with E-state index in [1.165, 1.54) is 6.92 Å². The maximum Gasteiger partial charge on any atom is 0.323 e. The third kappa shape index (κ3) is 3.40. The quantitative estimate of drug-likeness (QED) is 0.690. The molecule has 0 aliphatic heterocycles. The number of aromatic nitrogens is 1. The molecule has 1 atom stereocenters. The Balaban J connectivity index is 2.93. The number of H-pyrrole nitrogens is 1. The highest BCUT2D eigenvalue weighted by atomic mass is 32.2. The van der Waals surface area contributed by atoms with Crippen LogP contribution < -0.4 is 10.3 Å². The Bertz CT molecular complexity index is 542. The summed E-state index contributed by atoms with van der Waals surface area (Å²) in [5, 5.41) is 0. The molecule has 0 saturated heterocycles. The van der Waals surface area contributed by atoms with E-state index in [2.05, 4.69) is 14.4 Å². The number of pyridine rings is 1. The van der Waals surface area contributed by atoms with Crippen molar-refractivity contribution >= 4 is 16.0 Å². The third-order valence-corrected chi connectivity index (χ3v) is 3.49. The molecule has 1 aromatic heterocycles. The zero-order valence-electron chi connectivity index (χ0n) is 9.26. The van der Waals surface area contributed by atoms with Crippen LogP contribution in [0.15, 0.2) is 28.0 Å². The van der Waals surface area contributed by atoms with Gasteiger partial charge in [-0.05, 0) is 13.0 Å².